The van der Waals surface area contributed by atoms with Gasteiger partial charge in [-0.15, -0.1) is 0 Å². The van der Waals surface area contributed by atoms with Gasteiger partial charge < -0.3 is 10.2 Å². The second-order valence-corrected chi connectivity index (χ2v) is 4.69. The summed E-state index contributed by atoms with van der Waals surface area (Å²) in [5.74, 6) is -0.259. The molecule has 1 atom stereocenters. The quantitative estimate of drug-likeness (QED) is 0.887. The van der Waals surface area contributed by atoms with Crippen LogP contribution in [0.4, 0.5) is 11.4 Å². The Labute approximate surface area is 108 Å². The van der Waals surface area contributed by atoms with Crippen molar-refractivity contribution in [3.05, 3.63) is 24.3 Å². The van der Waals surface area contributed by atoms with E-state index in [-0.39, 0.29) is 5.91 Å². The molecular formula is C14H19N3O. The van der Waals surface area contributed by atoms with Gasteiger partial charge in [-0.25, -0.2) is 0 Å². The van der Waals surface area contributed by atoms with Crippen molar-refractivity contribution in [2.24, 2.45) is 5.41 Å². The maximum absolute atomic E-state index is 12.0. The minimum atomic E-state index is -0.972. The molecular weight excluding hydrogens is 226 g/mol. The number of nitrogens with one attached hydrogen (secondary N) is 1. The Morgan fingerprint density at radius 3 is 2.33 bits per heavy atom. The summed E-state index contributed by atoms with van der Waals surface area (Å²) in [5.41, 5.74) is 0.798. The van der Waals surface area contributed by atoms with Crippen molar-refractivity contribution >= 4 is 17.3 Å². The zero-order chi connectivity index (χ0) is 13.8. The van der Waals surface area contributed by atoms with Gasteiger partial charge in [0.15, 0.2) is 0 Å². The van der Waals surface area contributed by atoms with Crippen LogP contribution in [-0.2, 0) is 4.79 Å². The normalized spacial score (nSPS) is 13.3. The highest BCUT2D eigenvalue weighted by Crippen LogP contribution is 2.23. The van der Waals surface area contributed by atoms with Crippen molar-refractivity contribution in [2.75, 3.05) is 24.3 Å². The number of amides is 1. The van der Waals surface area contributed by atoms with Crippen LogP contribution in [0.1, 0.15) is 20.3 Å². The summed E-state index contributed by atoms with van der Waals surface area (Å²) in [6.45, 7) is 3.48. The third-order valence-corrected chi connectivity index (χ3v) is 3.10. The molecule has 0 bridgehead atoms. The highest BCUT2D eigenvalue weighted by Gasteiger charge is 2.31. The van der Waals surface area contributed by atoms with E-state index in [9.17, 15) is 4.79 Å². The third kappa shape index (κ3) is 3.01. The maximum atomic E-state index is 12.0. The molecule has 0 radical (unpaired) electrons. The van der Waals surface area contributed by atoms with Gasteiger partial charge >= 0.3 is 0 Å². The van der Waals surface area contributed by atoms with Crippen LogP contribution < -0.4 is 10.2 Å². The molecule has 0 aliphatic rings. The predicted molar refractivity (Wildman–Crippen MR) is 73.4 cm³/mol. The Morgan fingerprint density at radius 1 is 1.39 bits per heavy atom. The molecule has 0 aliphatic heterocycles. The number of carbonyl (C=O) groups excluding carboxylic acids is 1. The lowest BCUT2D eigenvalue weighted by Crippen LogP contribution is -2.31. The van der Waals surface area contributed by atoms with E-state index in [1.54, 1.807) is 6.92 Å². The molecule has 0 aromatic heterocycles. The Morgan fingerprint density at radius 2 is 1.94 bits per heavy atom. The van der Waals surface area contributed by atoms with Crippen LogP contribution in [-0.4, -0.2) is 20.0 Å². The zero-order valence-electron chi connectivity index (χ0n) is 11.3. The topological polar surface area (TPSA) is 56.1 Å². The Bertz CT molecular complexity index is 459. The van der Waals surface area contributed by atoms with E-state index < -0.39 is 5.41 Å². The van der Waals surface area contributed by atoms with Gasteiger partial charge in [-0.1, -0.05) is 6.92 Å². The van der Waals surface area contributed by atoms with Crippen molar-refractivity contribution in [3.8, 4) is 6.07 Å². The smallest absolute Gasteiger partial charge is 0.244 e. The molecule has 0 saturated carbocycles. The van der Waals surface area contributed by atoms with Crippen LogP contribution in [0.25, 0.3) is 0 Å². The van der Waals surface area contributed by atoms with E-state index in [0.29, 0.717) is 12.1 Å². The monoisotopic (exact) mass is 245 g/mol. The first-order valence-corrected chi connectivity index (χ1v) is 5.93. The van der Waals surface area contributed by atoms with Crippen LogP contribution in [0, 0.1) is 16.7 Å². The van der Waals surface area contributed by atoms with E-state index in [0.717, 1.165) is 5.69 Å². The van der Waals surface area contributed by atoms with Crippen LogP contribution in [0.3, 0.4) is 0 Å². The zero-order valence-corrected chi connectivity index (χ0v) is 11.3. The summed E-state index contributed by atoms with van der Waals surface area (Å²) >= 11 is 0. The third-order valence-electron chi connectivity index (χ3n) is 3.10. The van der Waals surface area contributed by atoms with Crippen LogP contribution in [0.15, 0.2) is 24.3 Å². The average Bonchev–Trinajstić information content (AvgIpc) is 2.38. The highest BCUT2D eigenvalue weighted by atomic mass is 16.2. The lowest BCUT2D eigenvalue weighted by molar-refractivity contribution is -0.122. The predicted octanol–water partition coefficient (Wildman–Crippen LogP) is 2.63. The van der Waals surface area contributed by atoms with Crippen LogP contribution in [0.2, 0.25) is 0 Å². The number of carbonyl (C=O) groups is 1. The van der Waals surface area contributed by atoms with E-state index in [1.165, 1.54) is 0 Å². The molecule has 4 nitrogen and oxygen atoms in total. The lowest BCUT2D eigenvalue weighted by Gasteiger charge is -2.19. The molecule has 1 aromatic rings. The van der Waals surface area contributed by atoms with Crippen LogP contribution >= 0.6 is 0 Å². The molecule has 1 rings (SSSR count). The molecule has 96 valence electrons. The lowest BCUT2D eigenvalue weighted by atomic mass is 9.88. The van der Waals surface area contributed by atoms with E-state index in [4.69, 9.17) is 5.26 Å². The standard InChI is InChI=1S/C14H19N3O/c1-5-14(2,10-15)13(18)16-11-6-8-12(9-7-11)17(3)4/h6-9H,5H2,1-4H3,(H,16,18). The van der Waals surface area contributed by atoms with Gasteiger partial charge in [0.2, 0.25) is 5.91 Å². The van der Waals surface area contributed by atoms with Crippen LogP contribution in [0.5, 0.6) is 0 Å². The first kappa shape index (κ1) is 14.0. The number of nitriles is 1. The van der Waals surface area contributed by atoms with Gasteiger partial charge in [-0.05, 0) is 37.6 Å². The molecule has 0 heterocycles. The number of hydrogen-bond donors (Lipinski definition) is 1. The fourth-order valence-electron chi connectivity index (χ4n) is 1.40. The highest BCUT2D eigenvalue weighted by molar-refractivity contribution is 5.97. The summed E-state index contributed by atoms with van der Waals surface area (Å²) in [6, 6.07) is 9.57. The second-order valence-electron chi connectivity index (χ2n) is 4.69. The van der Waals surface area contributed by atoms with E-state index >= 15 is 0 Å². The molecule has 18 heavy (non-hydrogen) atoms. The molecule has 1 unspecified atom stereocenters. The second kappa shape index (κ2) is 5.54. The largest absolute Gasteiger partial charge is 0.378 e. The van der Waals surface area contributed by atoms with Crippen molar-refractivity contribution < 1.29 is 4.79 Å². The van der Waals surface area contributed by atoms with Crippen molar-refractivity contribution in [1.82, 2.24) is 0 Å². The minimum Gasteiger partial charge on any atom is -0.378 e. The first-order chi connectivity index (χ1) is 8.42. The molecule has 0 saturated heterocycles. The number of benzene rings is 1. The Kier molecular flexibility index (Phi) is 4.33. The summed E-state index contributed by atoms with van der Waals surface area (Å²) in [5, 5.41) is 11.8. The molecule has 1 aromatic carbocycles. The van der Waals surface area contributed by atoms with Gasteiger partial charge in [-0.3, -0.25) is 4.79 Å². The van der Waals surface area contributed by atoms with Gasteiger partial charge in [0.05, 0.1) is 6.07 Å². The fraction of sp³-hybridized carbons (Fsp3) is 0.429. The van der Waals surface area contributed by atoms with Gasteiger partial charge in [0.25, 0.3) is 0 Å². The number of hydrogen-bond acceptors (Lipinski definition) is 3. The average molecular weight is 245 g/mol. The molecule has 0 fully saturated rings. The molecule has 1 amide bonds. The van der Waals surface area contributed by atoms with Crippen molar-refractivity contribution in [3.63, 3.8) is 0 Å². The van der Waals surface area contributed by atoms with Crippen molar-refractivity contribution in [1.29, 1.82) is 5.26 Å². The first-order valence-electron chi connectivity index (χ1n) is 5.93. The molecule has 0 aliphatic carbocycles. The van der Waals surface area contributed by atoms with E-state index in [2.05, 4.69) is 11.4 Å². The summed E-state index contributed by atoms with van der Waals surface area (Å²) in [7, 11) is 3.91. The molecule has 4 heteroatoms. The van der Waals surface area contributed by atoms with E-state index in [1.807, 2.05) is 50.2 Å². The Balaban J connectivity index is 2.80. The van der Waals surface area contributed by atoms with Crippen molar-refractivity contribution in [2.45, 2.75) is 20.3 Å². The van der Waals surface area contributed by atoms with Gasteiger partial charge in [0.1, 0.15) is 5.41 Å². The fourth-order valence-corrected chi connectivity index (χ4v) is 1.40. The molecule has 1 N–H and O–H groups in total. The Hall–Kier alpha value is -2.02. The summed E-state index contributed by atoms with van der Waals surface area (Å²) in [4.78, 5) is 14.0. The number of anilines is 2. The molecule has 0 spiro atoms. The summed E-state index contributed by atoms with van der Waals surface area (Å²) < 4.78 is 0. The summed E-state index contributed by atoms with van der Waals surface area (Å²) in [6.07, 6.45) is 0.491. The maximum Gasteiger partial charge on any atom is 0.244 e. The minimum absolute atomic E-state index is 0.259. The number of rotatable bonds is 4. The number of nitrogens with zero attached hydrogens (tertiary/aromatic N) is 2. The van der Waals surface area contributed by atoms with Gasteiger partial charge in [-0.2, -0.15) is 5.26 Å². The SMILES string of the molecule is CCC(C)(C#N)C(=O)Nc1ccc(N(C)C)cc1. The van der Waals surface area contributed by atoms with Gasteiger partial charge in [0, 0.05) is 25.5 Å².